The Morgan fingerprint density at radius 2 is 1.49 bits per heavy atom. The van der Waals surface area contributed by atoms with Gasteiger partial charge in [-0.05, 0) is 65.9 Å². The van der Waals surface area contributed by atoms with Crippen molar-refractivity contribution in [3.8, 4) is 17.2 Å². The molecule has 0 aliphatic carbocycles. The van der Waals surface area contributed by atoms with Crippen LogP contribution in [0.2, 0.25) is 0 Å². The molecule has 1 aromatic heterocycles. The fraction of sp³-hybridized carbons (Fsp3) is 0.152. The summed E-state index contributed by atoms with van der Waals surface area (Å²) < 4.78 is 2.19. The predicted molar refractivity (Wildman–Crippen MR) is 152 cm³/mol. The van der Waals surface area contributed by atoms with Crippen LogP contribution in [0.5, 0.6) is 0 Å². The Kier molecular flexibility index (Phi) is 6.05. The van der Waals surface area contributed by atoms with E-state index in [1.165, 1.54) is 4.90 Å². The van der Waals surface area contributed by atoms with Gasteiger partial charge in [0.05, 0.1) is 39.5 Å². The van der Waals surface area contributed by atoms with E-state index >= 15 is 0 Å². The van der Waals surface area contributed by atoms with Gasteiger partial charge in [-0.3, -0.25) is 9.59 Å². The van der Waals surface area contributed by atoms with Gasteiger partial charge in [0.2, 0.25) is 0 Å². The molecule has 2 amide bonds. The number of rotatable bonds is 6. The topological polar surface area (TPSA) is 79.0 Å². The molecule has 0 saturated heterocycles. The van der Waals surface area contributed by atoms with Gasteiger partial charge < -0.3 is 4.57 Å². The minimum absolute atomic E-state index is 0.303. The van der Waals surface area contributed by atoms with Crippen LogP contribution in [0.15, 0.2) is 84.9 Å². The molecule has 6 rings (SSSR count). The molecule has 1 aliphatic heterocycles. The van der Waals surface area contributed by atoms with Crippen LogP contribution in [-0.4, -0.2) is 21.4 Å². The smallest absolute Gasteiger partial charge is 0.266 e. The Hall–Kier alpha value is -5.02. The van der Waals surface area contributed by atoms with Crippen LogP contribution in [0.1, 0.15) is 56.6 Å². The van der Waals surface area contributed by atoms with Crippen molar-refractivity contribution in [3.63, 3.8) is 0 Å². The molecule has 2 heterocycles. The molecule has 0 saturated carbocycles. The number of benzene rings is 4. The van der Waals surface area contributed by atoms with E-state index in [0.717, 1.165) is 52.0 Å². The van der Waals surface area contributed by atoms with Gasteiger partial charge in [0, 0.05) is 13.0 Å². The summed E-state index contributed by atoms with van der Waals surface area (Å²) in [6, 6.07) is 28.8. The molecule has 39 heavy (non-hydrogen) atoms. The van der Waals surface area contributed by atoms with Gasteiger partial charge in [0.25, 0.3) is 11.8 Å². The van der Waals surface area contributed by atoms with Crippen LogP contribution in [0.4, 0.5) is 5.69 Å². The zero-order valence-corrected chi connectivity index (χ0v) is 21.8. The molecule has 190 valence electrons. The van der Waals surface area contributed by atoms with E-state index in [-0.39, 0.29) is 11.8 Å². The summed E-state index contributed by atoms with van der Waals surface area (Å²) in [5.74, 6) is 0.360. The maximum absolute atomic E-state index is 13.2. The first kappa shape index (κ1) is 24.3. The lowest BCUT2D eigenvalue weighted by molar-refractivity contribution is 0.0926. The summed E-state index contributed by atoms with van der Waals surface area (Å²) in [5, 5.41) is 9.49. The molecule has 0 bridgehead atoms. The van der Waals surface area contributed by atoms with Gasteiger partial charge in [-0.15, -0.1) is 0 Å². The standard InChI is InChI=1S/C33H26N4O2/c1-3-8-30-35-31-21(2)17-25(37-32(38)27-11-6-7-12-28(27)33(37)39)18-29(31)36(30)20-22-13-15-23(16-14-22)26-10-5-4-9-24(26)19-34/h4-7,9-18H,3,8,20H2,1-2H3. The number of imidazole rings is 1. The third-order valence-corrected chi connectivity index (χ3v) is 7.29. The summed E-state index contributed by atoms with van der Waals surface area (Å²) in [4.78, 5) is 32.6. The normalized spacial score (nSPS) is 12.7. The maximum atomic E-state index is 13.2. The van der Waals surface area contributed by atoms with Crippen molar-refractivity contribution < 1.29 is 9.59 Å². The number of amides is 2. The number of aromatic nitrogens is 2. The Bertz CT molecular complexity index is 1770. The van der Waals surface area contributed by atoms with E-state index in [0.29, 0.717) is 28.9 Å². The van der Waals surface area contributed by atoms with E-state index < -0.39 is 0 Å². The molecule has 0 atom stereocenters. The molecule has 6 nitrogen and oxygen atoms in total. The van der Waals surface area contributed by atoms with Gasteiger partial charge in [-0.25, -0.2) is 9.88 Å². The molecule has 5 aromatic rings. The maximum Gasteiger partial charge on any atom is 0.266 e. The Morgan fingerprint density at radius 1 is 0.846 bits per heavy atom. The van der Waals surface area contributed by atoms with Gasteiger partial charge in [-0.2, -0.15) is 5.26 Å². The molecule has 0 fully saturated rings. The third kappa shape index (κ3) is 4.09. The second-order valence-electron chi connectivity index (χ2n) is 9.84. The SMILES string of the molecule is CCCc1nc2c(C)cc(N3C(=O)c4ccccc4C3=O)cc2n1Cc1ccc(-c2ccccc2C#N)cc1. The van der Waals surface area contributed by atoms with E-state index in [1.54, 1.807) is 24.3 Å². The highest BCUT2D eigenvalue weighted by molar-refractivity contribution is 6.34. The monoisotopic (exact) mass is 510 g/mol. The third-order valence-electron chi connectivity index (χ3n) is 7.29. The molecule has 6 heteroatoms. The average Bonchev–Trinajstić information content (AvgIpc) is 3.43. The van der Waals surface area contributed by atoms with Crippen LogP contribution in [0.3, 0.4) is 0 Å². The van der Waals surface area contributed by atoms with Crippen LogP contribution in [0.25, 0.3) is 22.2 Å². The molecule has 4 aromatic carbocycles. The van der Waals surface area contributed by atoms with Crippen molar-refractivity contribution in [1.82, 2.24) is 9.55 Å². The Labute approximate surface area is 226 Å². The van der Waals surface area contributed by atoms with Crippen LogP contribution in [-0.2, 0) is 13.0 Å². The van der Waals surface area contributed by atoms with Crippen LogP contribution < -0.4 is 4.90 Å². The zero-order chi connectivity index (χ0) is 27.1. The summed E-state index contributed by atoms with van der Waals surface area (Å²) in [6.45, 7) is 4.69. The van der Waals surface area contributed by atoms with Gasteiger partial charge in [-0.1, -0.05) is 61.5 Å². The first-order valence-corrected chi connectivity index (χ1v) is 13.1. The number of hydrogen-bond donors (Lipinski definition) is 0. The van der Waals surface area contributed by atoms with Crippen molar-refractivity contribution in [2.45, 2.75) is 33.2 Å². The largest absolute Gasteiger partial charge is 0.323 e. The first-order chi connectivity index (χ1) is 19.0. The number of aryl methyl sites for hydroxylation is 2. The number of anilines is 1. The molecular formula is C33H26N4O2. The van der Waals surface area contributed by atoms with Crippen molar-refractivity contribution in [2.75, 3.05) is 4.90 Å². The number of hydrogen-bond acceptors (Lipinski definition) is 4. The van der Waals surface area contributed by atoms with Crippen LogP contribution in [0, 0.1) is 18.3 Å². The summed E-state index contributed by atoms with van der Waals surface area (Å²) >= 11 is 0. The summed E-state index contributed by atoms with van der Waals surface area (Å²) in [7, 11) is 0. The molecule has 0 spiro atoms. The highest BCUT2D eigenvalue weighted by Crippen LogP contribution is 2.33. The predicted octanol–water partition coefficient (Wildman–Crippen LogP) is 6.68. The van der Waals surface area contributed by atoms with Gasteiger partial charge >= 0.3 is 0 Å². The lowest BCUT2D eigenvalue weighted by Crippen LogP contribution is -2.29. The van der Waals surface area contributed by atoms with Crippen molar-refractivity contribution >= 4 is 28.5 Å². The zero-order valence-electron chi connectivity index (χ0n) is 21.8. The average molecular weight is 511 g/mol. The molecule has 1 aliphatic rings. The van der Waals surface area contributed by atoms with E-state index in [9.17, 15) is 14.9 Å². The minimum Gasteiger partial charge on any atom is -0.323 e. The fourth-order valence-corrected chi connectivity index (χ4v) is 5.37. The summed E-state index contributed by atoms with van der Waals surface area (Å²) in [6.07, 6.45) is 1.75. The molecule has 0 unspecified atom stereocenters. The molecular weight excluding hydrogens is 484 g/mol. The highest BCUT2D eigenvalue weighted by atomic mass is 16.2. The fourth-order valence-electron chi connectivity index (χ4n) is 5.37. The van der Waals surface area contributed by atoms with Crippen molar-refractivity contribution in [2.24, 2.45) is 0 Å². The second kappa shape index (κ2) is 9.70. The quantitative estimate of drug-likeness (QED) is 0.239. The number of fused-ring (bicyclic) bond motifs is 2. The second-order valence-corrected chi connectivity index (χ2v) is 9.84. The number of carbonyl (C=O) groups is 2. The van der Waals surface area contributed by atoms with E-state index in [1.807, 2.05) is 55.5 Å². The number of imide groups is 1. The molecule has 0 radical (unpaired) electrons. The summed E-state index contributed by atoms with van der Waals surface area (Å²) in [5.41, 5.74) is 7.73. The van der Waals surface area contributed by atoms with Gasteiger partial charge in [0.15, 0.2) is 0 Å². The lowest BCUT2D eigenvalue weighted by Gasteiger charge is -2.16. The number of nitrogens with zero attached hydrogens (tertiary/aromatic N) is 4. The Morgan fingerprint density at radius 3 is 2.13 bits per heavy atom. The van der Waals surface area contributed by atoms with Crippen LogP contribution >= 0.6 is 0 Å². The Balaban J connectivity index is 1.40. The molecule has 0 N–H and O–H groups in total. The highest BCUT2D eigenvalue weighted by Gasteiger charge is 2.36. The minimum atomic E-state index is -0.303. The van der Waals surface area contributed by atoms with E-state index in [4.69, 9.17) is 4.98 Å². The van der Waals surface area contributed by atoms with Gasteiger partial charge in [0.1, 0.15) is 5.82 Å². The number of carbonyl (C=O) groups excluding carboxylic acids is 2. The first-order valence-electron chi connectivity index (χ1n) is 13.1. The van der Waals surface area contributed by atoms with E-state index in [2.05, 4.69) is 29.7 Å². The number of nitriles is 1. The van der Waals surface area contributed by atoms with Crippen molar-refractivity contribution in [3.05, 3.63) is 119 Å². The lowest BCUT2D eigenvalue weighted by atomic mass is 9.99. The van der Waals surface area contributed by atoms with Crippen molar-refractivity contribution in [1.29, 1.82) is 5.26 Å².